The number of ether oxygens (including phenoxy) is 2. The SMILES string of the molecule is CC(NCC1CCCC1)c1ccc2c(c1)OCCCO2. The third-order valence-corrected chi connectivity index (χ3v) is 4.46. The van der Waals surface area contributed by atoms with Crippen molar-refractivity contribution in [3.8, 4) is 11.5 Å². The normalized spacial score (nSPS) is 20.6. The Kier molecular flexibility index (Phi) is 4.46. The van der Waals surface area contributed by atoms with Gasteiger partial charge in [0.05, 0.1) is 13.2 Å². The molecule has 0 amide bonds. The molecule has 1 aliphatic carbocycles. The Morgan fingerprint density at radius 2 is 1.85 bits per heavy atom. The largest absolute Gasteiger partial charge is 0.490 e. The molecule has 1 aliphatic heterocycles. The van der Waals surface area contributed by atoms with Crippen LogP contribution in [0.1, 0.15) is 50.6 Å². The van der Waals surface area contributed by atoms with Gasteiger partial charge in [-0.1, -0.05) is 18.9 Å². The molecule has 1 aromatic carbocycles. The Hall–Kier alpha value is -1.22. The minimum atomic E-state index is 0.368. The summed E-state index contributed by atoms with van der Waals surface area (Å²) in [6.07, 6.45) is 6.55. The van der Waals surface area contributed by atoms with E-state index in [1.807, 2.05) is 6.07 Å². The molecule has 1 aromatic rings. The molecule has 1 heterocycles. The monoisotopic (exact) mass is 275 g/mol. The summed E-state index contributed by atoms with van der Waals surface area (Å²) in [5.41, 5.74) is 1.28. The number of nitrogens with one attached hydrogen (secondary N) is 1. The molecular formula is C17H25NO2. The minimum Gasteiger partial charge on any atom is -0.490 e. The molecule has 1 fully saturated rings. The molecule has 1 saturated carbocycles. The van der Waals surface area contributed by atoms with Gasteiger partial charge in [0.15, 0.2) is 11.5 Å². The number of hydrogen-bond donors (Lipinski definition) is 1. The van der Waals surface area contributed by atoms with Gasteiger partial charge in [0.1, 0.15) is 0 Å². The van der Waals surface area contributed by atoms with Crippen LogP contribution in [0, 0.1) is 5.92 Å². The van der Waals surface area contributed by atoms with Gasteiger partial charge in [-0.05, 0) is 49.9 Å². The molecule has 3 nitrogen and oxygen atoms in total. The number of rotatable bonds is 4. The summed E-state index contributed by atoms with van der Waals surface area (Å²) < 4.78 is 11.4. The van der Waals surface area contributed by atoms with Crippen molar-refractivity contribution in [1.29, 1.82) is 0 Å². The third kappa shape index (κ3) is 3.26. The average Bonchev–Trinajstić information content (AvgIpc) is 2.88. The fraction of sp³-hybridized carbons (Fsp3) is 0.647. The highest BCUT2D eigenvalue weighted by Crippen LogP contribution is 2.32. The highest BCUT2D eigenvalue weighted by Gasteiger charge is 2.17. The Bertz CT molecular complexity index is 441. The van der Waals surface area contributed by atoms with Crippen molar-refractivity contribution in [3.05, 3.63) is 23.8 Å². The van der Waals surface area contributed by atoms with Gasteiger partial charge in [-0.25, -0.2) is 0 Å². The second-order valence-electron chi connectivity index (χ2n) is 6.04. The fourth-order valence-electron chi connectivity index (χ4n) is 3.12. The van der Waals surface area contributed by atoms with Gasteiger partial charge >= 0.3 is 0 Å². The van der Waals surface area contributed by atoms with Crippen LogP contribution in [0.5, 0.6) is 11.5 Å². The molecule has 2 aliphatic rings. The van der Waals surface area contributed by atoms with Crippen LogP contribution in [0.25, 0.3) is 0 Å². The van der Waals surface area contributed by atoms with Crippen LogP contribution in [-0.2, 0) is 0 Å². The van der Waals surface area contributed by atoms with E-state index in [-0.39, 0.29) is 0 Å². The Morgan fingerprint density at radius 3 is 2.65 bits per heavy atom. The van der Waals surface area contributed by atoms with Gasteiger partial charge in [0.25, 0.3) is 0 Å². The van der Waals surface area contributed by atoms with E-state index in [9.17, 15) is 0 Å². The number of benzene rings is 1. The van der Waals surface area contributed by atoms with Crippen LogP contribution < -0.4 is 14.8 Å². The molecule has 0 bridgehead atoms. The van der Waals surface area contributed by atoms with Crippen LogP contribution in [0.2, 0.25) is 0 Å². The smallest absolute Gasteiger partial charge is 0.161 e. The summed E-state index contributed by atoms with van der Waals surface area (Å²) in [4.78, 5) is 0. The quantitative estimate of drug-likeness (QED) is 0.909. The first kappa shape index (κ1) is 13.7. The lowest BCUT2D eigenvalue weighted by molar-refractivity contribution is 0.297. The maximum Gasteiger partial charge on any atom is 0.161 e. The van der Waals surface area contributed by atoms with E-state index in [1.54, 1.807) is 0 Å². The number of hydrogen-bond acceptors (Lipinski definition) is 3. The summed E-state index contributed by atoms with van der Waals surface area (Å²) in [5.74, 6) is 2.65. The first-order valence-electron chi connectivity index (χ1n) is 7.96. The van der Waals surface area contributed by atoms with Crippen molar-refractivity contribution >= 4 is 0 Å². The minimum absolute atomic E-state index is 0.368. The summed E-state index contributed by atoms with van der Waals surface area (Å²) in [5, 5.41) is 3.67. The molecule has 0 radical (unpaired) electrons. The summed E-state index contributed by atoms with van der Waals surface area (Å²) in [6.45, 7) is 4.87. The zero-order valence-electron chi connectivity index (χ0n) is 12.4. The molecule has 3 rings (SSSR count). The summed E-state index contributed by atoms with van der Waals surface area (Å²) in [7, 11) is 0. The van der Waals surface area contributed by atoms with Gasteiger partial charge in [0, 0.05) is 12.5 Å². The van der Waals surface area contributed by atoms with Gasteiger partial charge in [-0.15, -0.1) is 0 Å². The highest BCUT2D eigenvalue weighted by atomic mass is 16.5. The molecular weight excluding hydrogens is 250 g/mol. The van der Waals surface area contributed by atoms with Crippen molar-refractivity contribution in [2.24, 2.45) is 5.92 Å². The molecule has 0 spiro atoms. The maximum absolute atomic E-state index is 5.76. The van der Waals surface area contributed by atoms with Gasteiger partial charge in [-0.3, -0.25) is 0 Å². The lowest BCUT2D eigenvalue weighted by Crippen LogP contribution is -2.24. The average molecular weight is 275 g/mol. The lowest BCUT2D eigenvalue weighted by atomic mass is 10.0. The van der Waals surface area contributed by atoms with Crippen molar-refractivity contribution in [2.75, 3.05) is 19.8 Å². The van der Waals surface area contributed by atoms with Gasteiger partial charge in [-0.2, -0.15) is 0 Å². The topological polar surface area (TPSA) is 30.5 Å². The predicted octanol–water partition coefficient (Wildman–Crippen LogP) is 3.69. The van der Waals surface area contributed by atoms with E-state index in [2.05, 4.69) is 24.4 Å². The molecule has 1 N–H and O–H groups in total. The summed E-state index contributed by atoms with van der Waals surface area (Å²) in [6, 6.07) is 6.70. The third-order valence-electron chi connectivity index (χ3n) is 4.46. The lowest BCUT2D eigenvalue weighted by Gasteiger charge is -2.18. The molecule has 1 atom stereocenters. The molecule has 1 unspecified atom stereocenters. The maximum atomic E-state index is 5.76. The fourth-order valence-corrected chi connectivity index (χ4v) is 3.12. The van der Waals surface area contributed by atoms with Crippen LogP contribution in [0.15, 0.2) is 18.2 Å². The zero-order valence-corrected chi connectivity index (χ0v) is 12.4. The Balaban J connectivity index is 1.62. The van der Waals surface area contributed by atoms with Gasteiger partial charge in [0.2, 0.25) is 0 Å². The van der Waals surface area contributed by atoms with Crippen molar-refractivity contribution in [2.45, 2.75) is 45.1 Å². The van der Waals surface area contributed by atoms with Crippen LogP contribution in [0.3, 0.4) is 0 Å². The second kappa shape index (κ2) is 6.49. The molecule has 0 aromatic heterocycles. The first-order valence-corrected chi connectivity index (χ1v) is 7.96. The van der Waals surface area contributed by atoms with Crippen LogP contribution >= 0.6 is 0 Å². The molecule has 0 saturated heterocycles. The van der Waals surface area contributed by atoms with Crippen LogP contribution in [-0.4, -0.2) is 19.8 Å². The summed E-state index contributed by atoms with van der Waals surface area (Å²) >= 11 is 0. The van der Waals surface area contributed by atoms with E-state index in [1.165, 1.54) is 31.2 Å². The molecule has 3 heteroatoms. The highest BCUT2D eigenvalue weighted by molar-refractivity contribution is 5.44. The first-order chi connectivity index (χ1) is 9.83. The Morgan fingerprint density at radius 1 is 1.10 bits per heavy atom. The van der Waals surface area contributed by atoms with E-state index >= 15 is 0 Å². The van der Waals surface area contributed by atoms with E-state index in [4.69, 9.17) is 9.47 Å². The van der Waals surface area contributed by atoms with Crippen molar-refractivity contribution < 1.29 is 9.47 Å². The molecule has 20 heavy (non-hydrogen) atoms. The van der Waals surface area contributed by atoms with E-state index < -0.39 is 0 Å². The van der Waals surface area contributed by atoms with Crippen molar-refractivity contribution in [3.63, 3.8) is 0 Å². The molecule has 110 valence electrons. The van der Waals surface area contributed by atoms with Crippen molar-refractivity contribution in [1.82, 2.24) is 5.32 Å². The zero-order chi connectivity index (χ0) is 13.8. The second-order valence-corrected chi connectivity index (χ2v) is 6.04. The van der Waals surface area contributed by atoms with E-state index in [0.717, 1.165) is 43.6 Å². The van der Waals surface area contributed by atoms with Gasteiger partial charge < -0.3 is 14.8 Å². The predicted molar refractivity (Wildman–Crippen MR) is 80.4 cm³/mol. The van der Waals surface area contributed by atoms with Crippen LogP contribution in [0.4, 0.5) is 0 Å². The Labute approximate surface area is 121 Å². The standard InChI is InChI=1S/C17H25NO2/c1-13(18-12-14-5-2-3-6-14)15-7-8-16-17(11-15)20-10-4-9-19-16/h7-8,11,13-14,18H,2-6,9-10,12H2,1H3. The number of fused-ring (bicyclic) bond motifs is 1. The van der Waals surface area contributed by atoms with E-state index in [0.29, 0.717) is 6.04 Å².